The lowest BCUT2D eigenvalue weighted by Crippen LogP contribution is -2.38. The molecule has 1 aromatic rings. The van der Waals surface area contributed by atoms with Crippen LogP contribution in [0.25, 0.3) is 6.08 Å². The quantitative estimate of drug-likeness (QED) is 0.486. The maximum absolute atomic E-state index is 12.6. The lowest BCUT2D eigenvalue weighted by molar-refractivity contribution is -0.137. The molecule has 5 nitrogen and oxygen atoms in total. The third-order valence-electron chi connectivity index (χ3n) is 6.61. The van der Waals surface area contributed by atoms with E-state index in [0.717, 1.165) is 41.7 Å². The molecule has 34 heavy (non-hydrogen) atoms. The summed E-state index contributed by atoms with van der Waals surface area (Å²) in [6.45, 7) is 8.70. The molecule has 1 saturated heterocycles. The summed E-state index contributed by atoms with van der Waals surface area (Å²) < 4.78 is 37.8. The van der Waals surface area contributed by atoms with Gasteiger partial charge in [0, 0.05) is 25.6 Å². The lowest BCUT2D eigenvalue weighted by Gasteiger charge is -2.29. The van der Waals surface area contributed by atoms with Crippen molar-refractivity contribution in [3.8, 4) is 0 Å². The molecule has 2 atom stereocenters. The summed E-state index contributed by atoms with van der Waals surface area (Å²) in [6, 6.07) is 4.43. The molecule has 1 aromatic carbocycles. The number of halogens is 3. The van der Waals surface area contributed by atoms with Crippen LogP contribution in [0.3, 0.4) is 0 Å². The fourth-order valence-electron chi connectivity index (χ4n) is 4.43. The van der Waals surface area contributed by atoms with Crippen molar-refractivity contribution in [3.63, 3.8) is 0 Å². The van der Waals surface area contributed by atoms with Gasteiger partial charge < -0.3 is 10.2 Å². The zero-order valence-corrected chi connectivity index (χ0v) is 19.4. The van der Waals surface area contributed by atoms with Crippen LogP contribution >= 0.6 is 0 Å². The maximum Gasteiger partial charge on any atom is 0.416 e. The number of carbonyl (C=O) groups is 3. The van der Waals surface area contributed by atoms with Crippen LogP contribution in [0.1, 0.15) is 44.2 Å². The summed E-state index contributed by atoms with van der Waals surface area (Å²) in [5.74, 6) is -0.302. The summed E-state index contributed by atoms with van der Waals surface area (Å²) in [6.07, 6.45) is 0.220. The van der Waals surface area contributed by atoms with E-state index in [-0.39, 0.29) is 30.1 Å². The van der Waals surface area contributed by atoms with Gasteiger partial charge in [-0.15, -0.1) is 0 Å². The third-order valence-corrected chi connectivity index (χ3v) is 6.61. The average molecular weight is 475 g/mol. The van der Waals surface area contributed by atoms with E-state index in [4.69, 9.17) is 0 Å². The highest BCUT2D eigenvalue weighted by molar-refractivity contribution is 5.97. The van der Waals surface area contributed by atoms with Gasteiger partial charge in [-0.05, 0) is 67.9 Å². The topological polar surface area (TPSA) is 66.5 Å². The van der Waals surface area contributed by atoms with Crippen molar-refractivity contribution in [2.24, 2.45) is 11.8 Å². The number of allylic oxidation sites excluding steroid dienone is 2. The molecular formula is C26H29F3N2O3. The monoisotopic (exact) mass is 474 g/mol. The molecule has 2 aliphatic rings. The van der Waals surface area contributed by atoms with E-state index in [1.807, 2.05) is 13.8 Å². The fraction of sp³-hybridized carbons (Fsp3) is 0.423. The Morgan fingerprint density at radius 3 is 2.50 bits per heavy atom. The van der Waals surface area contributed by atoms with Gasteiger partial charge in [0.05, 0.1) is 12.1 Å². The Balaban J connectivity index is 1.50. The minimum atomic E-state index is -4.41. The first-order valence-corrected chi connectivity index (χ1v) is 11.2. The summed E-state index contributed by atoms with van der Waals surface area (Å²) in [4.78, 5) is 38.7. The summed E-state index contributed by atoms with van der Waals surface area (Å²) in [7, 11) is 0. The largest absolute Gasteiger partial charge is 0.416 e. The zero-order valence-electron chi connectivity index (χ0n) is 19.4. The predicted octanol–water partition coefficient (Wildman–Crippen LogP) is 4.56. The molecule has 8 heteroatoms. The van der Waals surface area contributed by atoms with Gasteiger partial charge in [0.2, 0.25) is 11.8 Å². The van der Waals surface area contributed by atoms with E-state index in [0.29, 0.717) is 25.1 Å². The van der Waals surface area contributed by atoms with E-state index < -0.39 is 17.6 Å². The second kappa shape index (κ2) is 10.4. The predicted molar refractivity (Wildman–Crippen MR) is 123 cm³/mol. The van der Waals surface area contributed by atoms with Crippen LogP contribution in [0.4, 0.5) is 13.2 Å². The van der Waals surface area contributed by atoms with Crippen molar-refractivity contribution >= 4 is 23.7 Å². The van der Waals surface area contributed by atoms with Gasteiger partial charge in [-0.25, -0.2) is 0 Å². The molecule has 1 heterocycles. The van der Waals surface area contributed by atoms with Gasteiger partial charge in [-0.2, -0.15) is 13.2 Å². The highest BCUT2D eigenvalue weighted by atomic mass is 19.4. The van der Waals surface area contributed by atoms with Gasteiger partial charge in [0.1, 0.15) is 0 Å². The number of amides is 2. The Labute approximate surface area is 197 Å². The van der Waals surface area contributed by atoms with Crippen molar-refractivity contribution in [2.75, 3.05) is 19.6 Å². The van der Waals surface area contributed by atoms with E-state index in [1.54, 1.807) is 4.90 Å². The highest BCUT2D eigenvalue weighted by Crippen LogP contribution is 2.38. The molecule has 1 aliphatic carbocycles. The maximum atomic E-state index is 12.6. The number of Topliss-reactive ketones (excluding diaryl/α,β-unsaturated/α-hetero) is 1. The molecule has 1 N–H and O–H groups in total. The van der Waals surface area contributed by atoms with Crippen molar-refractivity contribution in [1.82, 2.24) is 10.2 Å². The van der Waals surface area contributed by atoms with Crippen molar-refractivity contribution in [3.05, 3.63) is 64.8 Å². The number of rotatable bonds is 6. The molecule has 3 rings (SSSR count). The Morgan fingerprint density at radius 1 is 1.21 bits per heavy atom. The number of nitrogens with one attached hydrogen (secondary N) is 1. The normalized spacial score (nSPS) is 21.3. The number of hydrogen-bond donors (Lipinski definition) is 1. The van der Waals surface area contributed by atoms with Crippen LogP contribution in [0.5, 0.6) is 0 Å². The molecule has 0 bridgehead atoms. The molecule has 1 unspecified atom stereocenters. The molecule has 2 amide bonds. The zero-order chi connectivity index (χ0) is 25.0. The highest BCUT2D eigenvalue weighted by Gasteiger charge is 2.34. The van der Waals surface area contributed by atoms with Gasteiger partial charge in [0.15, 0.2) is 5.78 Å². The molecule has 1 fully saturated rings. The lowest BCUT2D eigenvalue weighted by atomic mass is 9.76. The molecule has 0 saturated carbocycles. The minimum absolute atomic E-state index is 0.130. The second-order valence-corrected chi connectivity index (χ2v) is 9.02. The van der Waals surface area contributed by atoms with E-state index in [2.05, 4.69) is 11.9 Å². The van der Waals surface area contributed by atoms with Crippen molar-refractivity contribution in [1.29, 1.82) is 0 Å². The Hall–Kier alpha value is -3.16. The number of benzene rings is 1. The second-order valence-electron chi connectivity index (χ2n) is 9.02. The number of likely N-dealkylation sites (tertiary alicyclic amines) is 1. The van der Waals surface area contributed by atoms with Crippen LogP contribution < -0.4 is 5.32 Å². The molecule has 0 aromatic heterocycles. The Morgan fingerprint density at radius 2 is 1.88 bits per heavy atom. The van der Waals surface area contributed by atoms with Crippen LogP contribution in [0, 0.1) is 11.8 Å². The number of carbonyl (C=O) groups excluding carboxylic acids is 3. The number of hydrogen-bond acceptors (Lipinski definition) is 3. The molecule has 182 valence electrons. The number of alkyl halides is 3. The van der Waals surface area contributed by atoms with Gasteiger partial charge in [0.25, 0.3) is 0 Å². The minimum Gasteiger partial charge on any atom is -0.343 e. The Bertz CT molecular complexity index is 1040. The van der Waals surface area contributed by atoms with Crippen LogP contribution in [0.2, 0.25) is 0 Å². The summed E-state index contributed by atoms with van der Waals surface area (Å²) in [5, 5.41) is 2.52. The van der Waals surface area contributed by atoms with E-state index >= 15 is 0 Å². The molecule has 0 radical (unpaired) electrons. The standard InChI is InChI=1S/C26H29F3N2O3/c1-16(2)20-12-22(17(3)23(32)13-20)19-10-11-31(15-19)25(34)14-30-24(33)9-6-18-4-7-21(8-5-18)26(27,28)29/h4-9,19-20H,1,10-15H2,2-3H3,(H,30,33)/b9-6+/t19-,20?/m1/s1. The van der Waals surface area contributed by atoms with Crippen LogP contribution in [0.15, 0.2) is 53.6 Å². The van der Waals surface area contributed by atoms with Crippen LogP contribution in [-0.2, 0) is 20.6 Å². The Kier molecular flexibility index (Phi) is 7.79. The summed E-state index contributed by atoms with van der Waals surface area (Å²) in [5.41, 5.74) is 2.59. The fourth-order valence-corrected chi connectivity index (χ4v) is 4.43. The molecular weight excluding hydrogens is 445 g/mol. The van der Waals surface area contributed by atoms with Crippen molar-refractivity contribution in [2.45, 2.75) is 39.3 Å². The first kappa shape index (κ1) is 25.5. The van der Waals surface area contributed by atoms with Gasteiger partial charge in [-0.3, -0.25) is 14.4 Å². The van der Waals surface area contributed by atoms with Crippen molar-refractivity contribution < 1.29 is 27.6 Å². The summed E-state index contributed by atoms with van der Waals surface area (Å²) >= 11 is 0. The SMILES string of the molecule is C=C(C)C1CC(=O)C(C)=C([C@@H]2CCN(C(=O)CNC(=O)/C=C/c3ccc(C(F)(F)F)cc3)C2)C1. The first-order valence-electron chi connectivity index (χ1n) is 11.2. The third kappa shape index (κ3) is 6.24. The van der Waals surface area contributed by atoms with Crippen LogP contribution in [-0.4, -0.2) is 42.1 Å². The number of nitrogens with zero attached hydrogens (tertiary/aromatic N) is 1. The van der Waals surface area contributed by atoms with E-state index in [9.17, 15) is 27.6 Å². The molecule has 0 spiro atoms. The molecule has 1 aliphatic heterocycles. The van der Waals surface area contributed by atoms with Gasteiger partial charge in [-0.1, -0.05) is 29.9 Å². The van der Waals surface area contributed by atoms with E-state index in [1.165, 1.54) is 24.3 Å². The smallest absolute Gasteiger partial charge is 0.343 e. The first-order chi connectivity index (χ1) is 16.0. The van der Waals surface area contributed by atoms with Gasteiger partial charge >= 0.3 is 6.18 Å². The average Bonchev–Trinajstić information content (AvgIpc) is 3.27. The number of ketones is 1.